The highest BCUT2D eigenvalue weighted by Gasteiger charge is 2.30. The van der Waals surface area contributed by atoms with Gasteiger partial charge in [0.05, 0.1) is 19.8 Å². The average molecular weight is 576 g/mol. The van der Waals surface area contributed by atoms with Gasteiger partial charge in [-0.2, -0.15) is 4.99 Å². The Morgan fingerprint density at radius 2 is 1.80 bits per heavy atom. The molecular formula is C28H34FN3O9. The molecule has 1 heterocycles. The number of anilines is 1. The highest BCUT2D eigenvalue weighted by Crippen LogP contribution is 2.33. The molecule has 3 atom stereocenters. The third kappa shape index (κ3) is 8.47. The van der Waals surface area contributed by atoms with Crippen molar-refractivity contribution in [3.05, 3.63) is 53.3 Å². The van der Waals surface area contributed by atoms with Gasteiger partial charge in [0.2, 0.25) is 0 Å². The van der Waals surface area contributed by atoms with Gasteiger partial charge in [-0.25, -0.2) is 18.8 Å². The third-order valence-electron chi connectivity index (χ3n) is 5.91. The number of rotatable bonds is 12. The molecule has 0 aromatic heterocycles. The Balaban J connectivity index is 1.76. The van der Waals surface area contributed by atoms with Gasteiger partial charge in [0.1, 0.15) is 30.9 Å². The van der Waals surface area contributed by atoms with Crippen LogP contribution in [0.25, 0.3) is 0 Å². The first-order valence-electron chi connectivity index (χ1n) is 13.1. The van der Waals surface area contributed by atoms with Crippen molar-refractivity contribution in [3.63, 3.8) is 0 Å². The summed E-state index contributed by atoms with van der Waals surface area (Å²) in [6, 6.07) is 7.87. The Hall–Kier alpha value is -4.55. The van der Waals surface area contributed by atoms with Crippen molar-refractivity contribution in [2.75, 3.05) is 38.4 Å². The maximum absolute atomic E-state index is 15.4. The number of benzene rings is 2. The molecule has 2 aromatic rings. The molecule has 1 aliphatic heterocycles. The van der Waals surface area contributed by atoms with Gasteiger partial charge >= 0.3 is 18.2 Å². The molecule has 1 amide bonds. The maximum atomic E-state index is 15.4. The highest BCUT2D eigenvalue weighted by molar-refractivity contribution is 6.03. The number of nitrogens with one attached hydrogen (secondary N) is 1. The van der Waals surface area contributed by atoms with Crippen LogP contribution in [0.15, 0.2) is 41.4 Å². The number of halogens is 1. The maximum Gasteiger partial charge on any atom is 0.508 e. The van der Waals surface area contributed by atoms with Gasteiger partial charge in [0.25, 0.3) is 0 Å². The zero-order valence-corrected chi connectivity index (χ0v) is 23.3. The molecule has 1 fully saturated rings. The predicted molar refractivity (Wildman–Crippen MR) is 146 cm³/mol. The summed E-state index contributed by atoms with van der Waals surface area (Å²) in [6.07, 6.45) is -2.44. The smallest absolute Gasteiger partial charge is 0.494 e. The van der Waals surface area contributed by atoms with E-state index in [-0.39, 0.29) is 49.5 Å². The highest BCUT2D eigenvalue weighted by atomic mass is 19.1. The van der Waals surface area contributed by atoms with Crippen molar-refractivity contribution in [2.45, 2.75) is 39.8 Å². The molecule has 12 nitrogen and oxygen atoms in total. The monoisotopic (exact) mass is 575 g/mol. The second-order valence-corrected chi connectivity index (χ2v) is 8.87. The summed E-state index contributed by atoms with van der Waals surface area (Å²) < 4.78 is 46.4. The molecule has 1 aliphatic rings. The van der Waals surface area contributed by atoms with Crippen LogP contribution in [0.5, 0.6) is 11.5 Å². The number of carbonyl (C=O) groups is 3. The van der Waals surface area contributed by atoms with Crippen LogP contribution in [-0.2, 0) is 23.7 Å². The Kier molecular flexibility index (Phi) is 11.1. The molecule has 0 spiro atoms. The van der Waals surface area contributed by atoms with Crippen molar-refractivity contribution >= 4 is 29.7 Å². The largest absolute Gasteiger partial charge is 0.508 e. The van der Waals surface area contributed by atoms with Crippen molar-refractivity contribution < 1.29 is 47.2 Å². The Morgan fingerprint density at radius 3 is 2.46 bits per heavy atom. The van der Waals surface area contributed by atoms with E-state index in [0.717, 1.165) is 0 Å². The lowest BCUT2D eigenvalue weighted by atomic mass is 10.0. The van der Waals surface area contributed by atoms with Crippen molar-refractivity contribution in [1.82, 2.24) is 0 Å². The summed E-state index contributed by atoms with van der Waals surface area (Å²) in [5.74, 6) is -1.45. The molecule has 0 aliphatic carbocycles. The average Bonchev–Trinajstić information content (AvgIpc) is 2.94. The van der Waals surface area contributed by atoms with E-state index in [1.807, 2.05) is 0 Å². The lowest BCUT2D eigenvalue weighted by Crippen LogP contribution is -2.38. The molecule has 0 saturated carbocycles. The molecule has 2 aromatic carbocycles. The number of aliphatic imine (C=N–C) groups is 1. The predicted octanol–water partition coefficient (Wildman–Crippen LogP) is 4.35. The quantitative estimate of drug-likeness (QED) is 0.160. The van der Waals surface area contributed by atoms with Gasteiger partial charge in [-0.15, -0.1) is 0 Å². The first-order chi connectivity index (χ1) is 19.7. The van der Waals surface area contributed by atoms with Crippen LogP contribution in [0.4, 0.5) is 19.7 Å². The standard InChI is InChI=1S/C28H34FN3O9/c1-5-36-19-12-20(23(29)21(13-19)37-6-2)24(26(33)38-7-3)31-18-10-8-17(9-11-18)25(30)32-27(34)39-15-22-16(4)14-40-28(35)41-22/h8-13,16,22,24,31H,5-7,14-15H2,1-4H3,(H2,30,32,34). The molecule has 3 N–H and O–H groups in total. The van der Waals surface area contributed by atoms with Crippen LogP contribution in [0.3, 0.4) is 0 Å². The van der Waals surface area contributed by atoms with Gasteiger partial charge in [-0.1, -0.05) is 6.92 Å². The first kappa shape index (κ1) is 31.0. The van der Waals surface area contributed by atoms with Gasteiger partial charge in [-0.05, 0) is 51.1 Å². The topological polar surface area (TPSA) is 157 Å². The van der Waals surface area contributed by atoms with E-state index < -0.39 is 36.2 Å². The van der Waals surface area contributed by atoms with Crippen molar-refractivity contribution in [3.8, 4) is 11.5 Å². The number of esters is 1. The number of ether oxygens (including phenoxy) is 6. The zero-order valence-electron chi connectivity index (χ0n) is 23.3. The number of hydrogen-bond donors (Lipinski definition) is 2. The van der Waals surface area contributed by atoms with E-state index in [4.69, 9.17) is 34.2 Å². The summed E-state index contributed by atoms with van der Waals surface area (Å²) in [5.41, 5.74) is 6.76. The van der Waals surface area contributed by atoms with E-state index in [1.165, 1.54) is 12.1 Å². The van der Waals surface area contributed by atoms with Gasteiger partial charge in [0.15, 0.2) is 17.6 Å². The summed E-state index contributed by atoms with van der Waals surface area (Å²) >= 11 is 0. The summed E-state index contributed by atoms with van der Waals surface area (Å²) in [5, 5.41) is 2.98. The Morgan fingerprint density at radius 1 is 1.10 bits per heavy atom. The molecule has 222 valence electrons. The Labute approximate surface area is 236 Å². The minimum Gasteiger partial charge on any atom is -0.494 e. The fraction of sp³-hybridized carbons (Fsp3) is 0.429. The second-order valence-electron chi connectivity index (χ2n) is 8.87. The first-order valence-corrected chi connectivity index (χ1v) is 13.1. The lowest BCUT2D eigenvalue weighted by molar-refractivity contribution is -0.144. The van der Waals surface area contributed by atoms with Crippen LogP contribution in [-0.4, -0.2) is 63.2 Å². The SMILES string of the molecule is CCOC(=O)C(Nc1ccc(/C(N)=N\C(=O)OCC2OC(=O)OCC2C)cc1)c1cc(OCC)cc(OCC)c1F. The van der Waals surface area contributed by atoms with Gasteiger partial charge in [0, 0.05) is 28.8 Å². The molecule has 13 heteroatoms. The molecule has 0 radical (unpaired) electrons. The number of hydrogen-bond acceptors (Lipinski definition) is 10. The number of carbonyl (C=O) groups excluding carboxylic acids is 3. The third-order valence-corrected chi connectivity index (χ3v) is 5.91. The van der Waals surface area contributed by atoms with Crippen LogP contribution < -0.4 is 20.5 Å². The minimum atomic E-state index is -1.23. The van der Waals surface area contributed by atoms with Gasteiger partial charge in [-0.3, -0.25) is 0 Å². The number of nitrogens with zero attached hydrogens (tertiary/aromatic N) is 1. The zero-order chi connectivity index (χ0) is 29.9. The molecule has 3 unspecified atom stereocenters. The van der Waals surface area contributed by atoms with Crippen LogP contribution in [0.1, 0.15) is 44.9 Å². The number of cyclic esters (lactones) is 2. The van der Waals surface area contributed by atoms with Crippen LogP contribution in [0.2, 0.25) is 0 Å². The summed E-state index contributed by atoms with van der Waals surface area (Å²) in [6.45, 7) is 7.51. The number of amides is 1. The Bertz CT molecular complexity index is 1250. The van der Waals surface area contributed by atoms with E-state index in [9.17, 15) is 14.4 Å². The van der Waals surface area contributed by atoms with E-state index in [2.05, 4.69) is 10.3 Å². The molecular weight excluding hydrogens is 541 g/mol. The summed E-state index contributed by atoms with van der Waals surface area (Å²) in [4.78, 5) is 40.1. The molecule has 1 saturated heterocycles. The fourth-order valence-corrected chi connectivity index (χ4v) is 3.83. The summed E-state index contributed by atoms with van der Waals surface area (Å²) in [7, 11) is 0. The molecule has 3 rings (SSSR count). The fourth-order valence-electron chi connectivity index (χ4n) is 3.83. The number of amidine groups is 1. The van der Waals surface area contributed by atoms with Crippen molar-refractivity contribution in [1.29, 1.82) is 0 Å². The number of nitrogens with two attached hydrogens (primary N) is 1. The van der Waals surface area contributed by atoms with Crippen molar-refractivity contribution in [2.24, 2.45) is 16.6 Å². The van der Waals surface area contributed by atoms with Crippen LogP contribution >= 0.6 is 0 Å². The van der Waals surface area contributed by atoms with Crippen LogP contribution in [0, 0.1) is 11.7 Å². The molecule has 41 heavy (non-hydrogen) atoms. The molecule has 0 bridgehead atoms. The minimum absolute atomic E-state index is 0.0183. The van der Waals surface area contributed by atoms with E-state index in [1.54, 1.807) is 52.0 Å². The second kappa shape index (κ2) is 14.7. The van der Waals surface area contributed by atoms with E-state index in [0.29, 0.717) is 23.6 Å². The van der Waals surface area contributed by atoms with E-state index >= 15 is 4.39 Å². The lowest BCUT2D eigenvalue weighted by Gasteiger charge is -2.27. The van der Waals surface area contributed by atoms with Gasteiger partial charge < -0.3 is 39.5 Å². The normalized spacial score (nSPS) is 17.5.